The molecule has 21 heavy (non-hydrogen) atoms. The van der Waals surface area contributed by atoms with Crippen molar-refractivity contribution in [1.29, 1.82) is 0 Å². The van der Waals surface area contributed by atoms with E-state index < -0.39 is 6.04 Å². The van der Waals surface area contributed by atoms with E-state index in [9.17, 15) is 9.59 Å². The first-order valence-corrected chi connectivity index (χ1v) is 6.95. The second kappa shape index (κ2) is 5.21. The molecule has 1 unspecified atom stereocenters. The number of carbonyl (C=O) groups is 1. The van der Waals surface area contributed by atoms with Crippen molar-refractivity contribution in [3.63, 3.8) is 0 Å². The van der Waals surface area contributed by atoms with E-state index in [1.54, 1.807) is 17.7 Å². The largest absolute Gasteiger partial charge is 0.368 e. The second-order valence-electron chi connectivity index (χ2n) is 5.26. The van der Waals surface area contributed by atoms with E-state index >= 15 is 0 Å². The third-order valence-corrected chi connectivity index (χ3v) is 4.01. The number of para-hydroxylation sites is 1. The molecule has 1 aliphatic heterocycles. The van der Waals surface area contributed by atoms with Gasteiger partial charge < -0.3 is 20.5 Å². The minimum Gasteiger partial charge on any atom is -0.368 e. The van der Waals surface area contributed by atoms with Gasteiger partial charge in [0, 0.05) is 38.1 Å². The fourth-order valence-electron chi connectivity index (χ4n) is 2.88. The number of nitrogens with two attached hydrogens (primary N) is 1. The highest BCUT2D eigenvalue weighted by molar-refractivity contribution is 5.94. The highest BCUT2D eigenvalue weighted by Gasteiger charge is 2.28. The molecule has 0 spiro atoms. The highest BCUT2D eigenvalue weighted by Crippen LogP contribution is 2.26. The first-order valence-electron chi connectivity index (χ1n) is 6.95. The topological polar surface area (TPSA) is 80.4 Å². The normalized spacial score (nSPS) is 18.9. The summed E-state index contributed by atoms with van der Waals surface area (Å²) in [6, 6.07) is 8.84. The van der Waals surface area contributed by atoms with Gasteiger partial charge in [0.25, 0.3) is 5.56 Å². The Hall–Kier alpha value is -2.34. The predicted molar refractivity (Wildman–Crippen MR) is 82.4 cm³/mol. The van der Waals surface area contributed by atoms with Crippen molar-refractivity contribution in [1.82, 2.24) is 9.88 Å². The number of hydrogen-bond acceptors (Lipinski definition) is 4. The molecule has 2 heterocycles. The zero-order valence-electron chi connectivity index (χ0n) is 11.9. The van der Waals surface area contributed by atoms with Crippen LogP contribution >= 0.6 is 0 Å². The third-order valence-electron chi connectivity index (χ3n) is 4.01. The minimum atomic E-state index is -0.436. The summed E-state index contributed by atoms with van der Waals surface area (Å²) in [5.41, 5.74) is 7.04. The van der Waals surface area contributed by atoms with E-state index in [1.807, 2.05) is 29.2 Å². The molecule has 1 saturated heterocycles. The maximum Gasteiger partial charge on any atom is 0.252 e. The number of pyridine rings is 1. The van der Waals surface area contributed by atoms with Gasteiger partial charge in [-0.05, 0) is 6.07 Å². The Morgan fingerprint density at radius 2 is 2.14 bits per heavy atom. The predicted octanol–water partition coefficient (Wildman–Crippen LogP) is -0.198. The summed E-state index contributed by atoms with van der Waals surface area (Å²) in [5.74, 6) is -0.382. The summed E-state index contributed by atoms with van der Waals surface area (Å²) >= 11 is 0. The van der Waals surface area contributed by atoms with Gasteiger partial charge >= 0.3 is 0 Å². The molecule has 1 fully saturated rings. The Morgan fingerprint density at radius 1 is 1.38 bits per heavy atom. The summed E-state index contributed by atoms with van der Waals surface area (Å²) in [4.78, 5) is 25.8. The van der Waals surface area contributed by atoms with Crippen LogP contribution in [0.2, 0.25) is 0 Å². The summed E-state index contributed by atoms with van der Waals surface area (Å²) in [6.45, 7) is 1.90. The van der Waals surface area contributed by atoms with Gasteiger partial charge in [0.15, 0.2) is 0 Å². The lowest BCUT2D eigenvalue weighted by Crippen LogP contribution is -2.57. The molecule has 3 rings (SSSR count). The van der Waals surface area contributed by atoms with Crippen molar-refractivity contribution < 1.29 is 4.79 Å². The summed E-state index contributed by atoms with van der Waals surface area (Å²) in [6.07, 6.45) is 0. The zero-order chi connectivity index (χ0) is 15.0. The van der Waals surface area contributed by atoms with E-state index in [4.69, 9.17) is 5.73 Å². The van der Waals surface area contributed by atoms with Gasteiger partial charge in [0.2, 0.25) is 5.91 Å². The van der Waals surface area contributed by atoms with Crippen molar-refractivity contribution in [3.05, 3.63) is 40.7 Å². The van der Waals surface area contributed by atoms with Crippen LogP contribution in [-0.2, 0) is 11.8 Å². The fraction of sp³-hybridized carbons (Fsp3) is 0.333. The van der Waals surface area contributed by atoms with Gasteiger partial charge in [-0.1, -0.05) is 18.2 Å². The van der Waals surface area contributed by atoms with Gasteiger partial charge in [0.1, 0.15) is 6.04 Å². The standard InChI is InChI=1S/C15H18N4O2/c1-18-11-5-3-2-4-10(11)12(8-14(18)20)19-7-6-17-9-13(19)15(16)21/h2-5,8,13,17H,6-7,9H2,1H3,(H2,16,21). The van der Waals surface area contributed by atoms with Crippen LogP contribution in [0.25, 0.3) is 10.9 Å². The van der Waals surface area contributed by atoms with Gasteiger partial charge in [-0.2, -0.15) is 0 Å². The molecular formula is C15H18N4O2. The van der Waals surface area contributed by atoms with Crippen molar-refractivity contribution in [2.45, 2.75) is 6.04 Å². The second-order valence-corrected chi connectivity index (χ2v) is 5.26. The first kappa shape index (κ1) is 13.6. The number of aryl methyl sites for hydroxylation is 1. The number of amides is 1. The van der Waals surface area contributed by atoms with Crippen molar-refractivity contribution in [2.75, 3.05) is 24.5 Å². The number of piperazine rings is 1. The first-order chi connectivity index (χ1) is 10.1. The molecule has 6 heteroatoms. The molecular weight excluding hydrogens is 268 g/mol. The van der Waals surface area contributed by atoms with Gasteiger partial charge in [-0.15, -0.1) is 0 Å². The molecule has 6 nitrogen and oxygen atoms in total. The smallest absolute Gasteiger partial charge is 0.252 e. The molecule has 0 saturated carbocycles. The van der Waals surface area contributed by atoms with Crippen LogP contribution in [0.3, 0.4) is 0 Å². The number of carbonyl (C=O) groups excluding carboxylic acids is 1. The number of rotatable bonds is 2. The lowest BCUT2D eigenvalue weighted by atomic mass is 10.1. The highest BCUT2D eigenvalue weighted by atomic mass is 16.1. The maximum absolute atomic E-state index is 12.2. The minimum absolute atomic E-state index is 0.0922. The molecule has 3 N–H and O–H groups in total. The maximum atomic E-state index is 12.2. The van der Waals surface area contributed by atoms with Gasteiger partial charge in [-0.3, -0.25) is 9.59 Å². The average Bonchev–Trinajstić information content (AvgIpc) is 2.51. The Kier molecular flexibility index (Phi) is 3.39. The number of nitrogens with one attached hydrogen (secondary N) is 1. The Morgan fingerprint density at radius 3 is 2.90 bits per heavy atom. The molecule has 110 valence electrons. The average molecular weight is 286 g/mol. The number of nitrogens with zero attached hydrogens (tertiary/aromatic N) is 2. The summed E-state index contributed by atoms with van der Waals surface area (Å²) in [5, 5.41) is 4.12. The van der Waals surface area contributed by atoms with E-state index in [2.05, 4.69) is 5.32 Å². The van der Waals surface area contributed by atoms with E-state index in [0.29, 0.717) is 13.1 Å². The molecule has 2 aromatic rings. The van der Waals surface area contributed by atoms with Crippen LogP contribution < -0.4 is 21.5 Å². The van der Waals surface area contributed by atoms with E-state index in [0.717, 1.165) is 23.1 Å². The van der Waals surface area contributed by atoms with Gasteiger partial charge in [-0.25, -0.2) is 0 Å². The van der Waals surface area contributed by atoms with Crippen LogP contribution in [0, 0.1) is 0 Å². The molecule has 1 atom stereocenters. The van der Waals surface area contributed by atoms with Crippen molar-refractivity contribution in [3.8, 4) is 0 Å². The van der Waals surface area contributed by atoms with Crippen molar-refractivity contribution in [2.24, 2.45) is 12.8 Å². The van der Waals surface area contributed by atoms with Crippen LogP contribution in [0.5, 0.6) is 0 Å². The molecule has 1 aromatic carbocycles. The van der Waals surface area contributed by atoms with Crippen LogP contribution in [0.4, 0.5) is 5.69 Å². The Balaban J connectivity index is 2.22. The number of primary amides is 1. The van der Waals surface area contributed by atoms with Crippen molar-refractivity contribution >= 4 is 22.5 Å². The third kappa shape index (κ3) is 2.27. The molecule has 0 aliphatic carbocycles. The lowest BCUT2D eigenvalue weighted by Gasteiger charge is -2.36. The number of fused-ring (bicyclic) bond motifs is 1. The Bertz CT molecular complexity index is 753. The number of anilines is 1. The van der Waals surface area contributed by atoms with E-state index in [1.165, 1.54) is 0 Å². The molecule has 0 radical (unpaired) electrons. The van der Waals surface area contributed by atoms with Gasteiger partial charge in [0.05, 0.1) is 11.2 Å². The molecule has 1 aromatic heterocycles. The number of benzene rings is 1. The van der Waals surface area contributed by atoms with Crippen LogP contribution in [-0.4, -0.2) is 36.2 Å². The van der Waals surface area contributed by atoms with Crippen LogP contribution in [0.15, 0.2) is 35.1 Å². The molecule has 1 aliphatic rings. The number of aromatic nitrogens is 1. The zero-order valence-corrected chi connectivity index (χ0v) is 11.9. The molecule has 0 bridgehead atoms. The summed E-state index contributed by atoms with van der Waals surface area (Å²) in [7, 11) is 1.75. The lowest BCUT2D eigenvalue weighted by molar-refractivity contribution is -0.119. The van der Waals surface area contributed by atoms with E-state index in [-0.39, 0.29) is 11.5 Å². The number of hydrogen-bond donors (Lipinski definition) is 2. The molecule has 1 amide bonds. The monoisotopic (exact) mass is 286 g/mol. The Labute approximate surface area is 122 Å². The van der Waals surface area contributed by atoms with Crippen LogP contribution in [0.1, 0.15) is 0 Å². The SMILES string of the molecule is Cn1c(=O)cc(N2CCNCC2C(N)=O)c2ccccc21. The quantitative estimate of drug-likeness (QED) is 0.801. The fourth-order valence-corrected chi connectivity index (χ4v) is 2.88. The summed E-state index contributed by atoms with van der Waals surface area (Å²) < 4.78 is 1.61.